The van der Waals surface area contributed by atoms with E-state index >= 15 is 0 Å². The average molecular weight is 299 g/mol. The van der Waals surface area contributed by atoms with Crippen molar-refractivity contribution < 1.29 is 9.90 Å². The quantitative estimate of drug-likeness (QED) is 0.457. The molecule has 3 nitrogen and oxygen atoms in total. The van der Waals surface area contributed by atoms with Crippen LogP contribution in [-0.2, 0) is 0 Å². The summed E-state index contributed by atoms with van der Waals surface area (Å²) in [5, 5.41) is 13.5. The Balaban J connectivity index is 3.71. The number of allylic oxidation sites excluding steroid dienone is 3. The Kier molecular flexibility index (Phi) is 11.6. The summed E-state index contributed by atoms with van der Waals surface area (Å²) in [4.78, 5) is 11.6. The van der Waals surface area contributed by atoms with Crippen molar-refractivity contribution in [3.8, 4) is 0 Å². The molecule has 0 aromatic rings. The molecule has 0 aliphatic heterocycles. The van der Waals surface area contributed by atoms with E-state index in [2.05, 4.69) is 24.4 Å². The van der Waals surface area contributed by atoms with Crippen LogP contribution in [0.2, 0.25) is 0 Å². The van der Waals surface area contributed by atoms with Gasteiger partial charge in [-0.25, -0.2) is 0 Å². The SMILES string of the molecule is CCCCC/C=C\C/C=C\SC(=O)NC(C)(C)CCO. The van der Waals surface area contributed by atoms with E-state index in [-0.39, 0.29) is 17.4 Å². The first-order chi connectivity index (χ1) is 9.52. The van der Waals surface area contributed by atoms with Gasteiger partial charge in [0.2, 0.25) is 0 Å². The summed E-state index contributed by atoms with van der Waals surface area (Å²) in [5.41, 5.74) is -0.355. The minimum Gasteiger partial charge on any atom is -0.396 e. The highest BCUT2D eigenvalue weighted by Crippen LogP contribution is 2.12. The second-order valence-electron chi connectivity index (χ2n) is 5.46. The molecule has 0 bridgehead atoms. The van der Waals surface area contributed by atoms with Crippen molar-refractivity contribution in [1.29, 1.82) is 0 Å². The minimum absolute atomic E-state index is 0.0772. The third-order valence-electron chi connectivity index (χ3n) is 2.86. The molecule has 0 fully saturated rings. The van der Waals surface area contributed by atoms with E-state index in [0.717, 1.165) is 24.6 Å². The Morgan fingerprint density at radius 2 is 2.00 bits per heavy atom. The first-order valence-electron chi connectivity index (χ1n) is 7.41. The van der Waals surface area contributed by atoms with E-state index in [9.17, 15) is 4.79 Å². The molecular formula is C16H29NO2S. The van der Waals surface area contributed by atoms with Gasteiger partial charge in [0, 0.05) is 12.1 Å². The Morgan fingerprint density at radius 3 is 2.65 bits per heavy atom. The minimum atomic E-state index is -0.355. The molecule has 1 amide bonds. The van der Waals surface area contributed by atoms with E-state index in [1.54, 1.807) is 0 Å². The zero-order valence-corrected chi connectivity index (χ0v) is 13.8. The number of hydrogen-bond donors (Lipinski definition) is 2. The van der Waals surface area contributed by atoms with Crippen LogP contribution in [0.1, 0.15) is 59.3 Å². The predicted octanol–water partition coefficient (Wildman–Crippen LogP) is 4.63. The Labute approximate surface area is 127 Å². The highest BCUT2D eigenvalue weighted by atomic mass is 32.2. The first-order valence-corrected chi connectivity index (χ1v) is 8.29. The van der Waals surface area contributed by atoms with Crippen molar-refractivity contribution in [2.24, 2.45) is 0 Å². The summed E-state index contributed by atoms with van der Waals surface area (Å²) in [6, 6.07) is 0. The van der Waals surface area contributed by atoms with Gasteiger partial charge in [-0.2, -0.15) is 0 Å². The summed E-state index contributed by atoms with van der Waals surface area (Å²) in [6.07, 6.45) is 12.7. The van der Waals surface area contributed by atoms with Crippen LogP contribution in [0.4, 0.5) is 4.79 Å². The van der Waals surface area contributed by atoms with Crippen molar-refractivity contribution in [2.45, 2.75) is 64.8 Å². The van der Waals surface area contributed by atoms with Crippen molar-refractivity contribution in [3.63, 3.8) is 0 Å². The molecule has 2 N–H and O–H groups in total. The molecule has 20 heavy (non-hydrogen) atoms. The molecule has 0 spiro atoms. The Morgan fingerprint density at radius 1 is 1.25 bits per heavy atom. The molecule has 0 aliphatic carbocycles. The fourth-order valence-electron chi connectivity index (χ4n) is 1.62. The molecule has 4 heteroatoms. The number of rotatable bonds is 10. The molecule has 0 aromatic carbocycles. The number of carbonyl (C=O) groups is 1. The number of aliphatic hydroxyl groups excluding tert-OH is 1. The second kappa shape index (κ2) is 12.0. The first kappa shape index (κ1) is 19.3. The van der Waals surface area contributed by atoms with Gasteiger partial charge in [0.25, 0.3) is 5.24 Å². The third-order valence-corrected chi connectivity index (χ3v) is 3.51. The Hall–Kier alpha value is -0.740. The predicted molar refractivity (Wildman–Crippen MR) is 88.9 cm³/mol. The van der Waals surface area contributed by atoms with Crippen LogP contribution < -0.4 is 5.32 Å². The lowest BCUT2D eigenvalue weighted by Gasteiger charge is -2.24. The van der Waals surface area contributed by atoms with Crippen LogP contribution in [0.25, 0.3) is 0 Å². The standard InChI is InChI=1S/C16H29NO2S/c1-4-5-6-7-8-9-10-11-14-20-15(19)17-16(2,3)12-13-18/h8-9,11,14,18H,4-7,10,12-13H2,1-3H3,(H,17,19)/b9-8-,14-11-. The molecule has 0 heterocycles. The summed E-state index contributed by atoms with van der Waals surface area (Å²) < 4.78 is 0. The fourth-order valence-corrected chi connectivity index (χ4v) is 2.28. The molecule has 0 aliphatic rings. The van der Waals surface area contributed by atoms with Crippen molar-refractivity contribution >= 4 is 17.0 Å². The van der Waals surface area contributed by atoms with Gasteiger partial charge < -0.3 is 10.4 Å². The lowest BCUT2D eigenvalue weighted by Crippen LogP contribution is -2.42. The molecule has 0 unspecified atom stereocenters. The van der Waals surface area contributed by atoms with Gasteiger partial charge in [-0.05, 0) is 56.7 Å². The van der Waals surface area contributed by atoms with E-state index in [0.29, 0.717) is 6.42 Å². The topological polar surface area (TPSA) is 49.3 Å². The van der Waals surface area contributed by atoms with Gasteiger partial charge in [-0.1, -0.05) is 38.0 Å². The maximum Gasteiger partial charge on any atom is 0.283 e. The van der Waals surface area contributed by atoms with Crippen LogP contribution in [-0.4, -0.2) is 22.5 Å². The molecule has 0 aromatic heterocycles. The van der Waals surface area contributed by atoms with Crippen LogP contribution in [0.3, 0.4) is 0 Å². The maximum atomic E-state index is 11.6. The molecule has 0 radical (unpaired) electrons. The van der Waals surface area contributed by atoms with Gasteiger partial charge in [0.05, 0.1) is 0 Å². The zero-order chi connectivity index (χ0) is 15.3. The van der Waals surface area contributed by atoms with E-state index in [1.165, 1.54) is 19.3 Å². The number of carbonyl (C=O) groups excluding carboxylic acids is 1. The lowest BCUT2D eigenvalue weighted by molar-refractivity contribution is 0.224. The Bertz CT molecular complexity index is 312. The van der Waals surface area contributed by atoms with Crippen LogP contribution >= 0.6 is 11.8 Å². The third kappa shape index (κ3) is 12.3. The number of hydrogen-bond acceptors (Lipinski definition) is 3. The molecule has 0 atom stereocenters. The molecule has 0 saturated carbocycles. The van der Waals surface area contributed by atoms with E-state index < -0.39 is 0 Å². The van der Waals surface area contributed by atoms with Gasteiger partial charge in [0.1, 0.15) is 0 Å². The van der Waals surface area contributed by atoms with Gasteiger partial charge >= 0.3 is 0 Å². The van der Waals surface area contributed by atoms with Gasteiger partial charge in [0.15, 0.2) is 0 Å². The summed E-state index contributed by atoms with van der Waals surface area (Å²) >= 11 is 1.15. The monoisotopic (exact) mass is 299 g/mol. The largest absolute Gasteiger partial charge is 0.396 e. The van der Waals surface area contributed by atoms with Crippen LogP contribution in [0.5, 0.6) is 0 Å². The van der Waals surface area contributed by atoms with Crippen molar-refractivity contribution in [2.75, 3.05) is 6.61 Å². The van der Waals surface area contributed by atoms with Crippen molar-refractivity contribution in [3.05, 3.63) is 23.6 Å². The van der Waals surface area contributed by atoms with Crippen LogP contribution in [0, 0.1) is 0 Å². The van der Waals surface area contributed by atoms with Gasteiger partial charge in [-0.3, -0.25) is 4.79 Å². The molecule has 0 rings (SSSR count). The molecular weight excluding hydrogens is 270 g/mol. The maximum absolute atomic E-state index is 11.6. The molecule has 116 valence electrons. The second-order valence-corrected chi connectivity index (χ2v) is 6.34. The number of unbranched alkanes of at least 4 members (excludes halogenated alkanes) is 3. The zero-order valence-electron chi connectivity index (χ0n) is 13.0. The van der Waals surface area contributed by atoms with E-state index in [1.807, 2.05) is 25.3 Å². The number of nitrogens with one attached hydrogen (secondary N) is 1. The summed E-state index contributed by atoms with van der Waals surface area (Å²) in [5.74, 6) is 0. The smallest absolute Gasteiger partial charge is 0.283 e. The normalized spacial score (nSPS) is 12.4. The number of thioether (sulfide) groups is 1. The summed E-state index contributed by atoms with van der Waals surface area (Å²) in [7, 11) is 0. The summed E-state index contributed by atoms with van der Waals surface area (Å²) in [6.45, 7) is 6.10. The van der Waals surface area contributed by atoms with E-state index in [4.69, 9.17) is 5.11 Å². The number of amides is 1. The number of aliphatic hydroxyl groups is 1. The molecule has 0 saturated heterocycles. The highest BCUT2D eigenvalue weighted by Gasteiger charge is 2.18. The fraction of sp³-hybridized carbons (Fsp3) is 0.688. The van der Waals surface area contributed by atoms with Crippen molar-refractivity contribution in [1.82, 2.24) is 5.32 Å². The van der Waals surface area contributed by atoms with Gasteiger partial charge in [-0.15, -0.1) is 0 Å². The lowest BCUT2D eigenvalue weighted by atomic mass is 10.0. The highest BCUT2D eigenvalue weighted by molar-refractivity contribution is 8.16. The average Bonchev–Trinajstić information content (AvgIpc) is 2.36. The van der Waals surface area contributed by atoms with Crippen LogP contribution in [0.15, 0.2) is 23.6 Å².